The van der Waals surface area contributed by atoms with Gasteiger partial charge in [0.2, 0.25) is 0 Å². The van der Waals surface area contributed by atoms with Crippen molar-refractivity contribution in [3.05, 3.63) is 58.0 Å². The Morgan fingerprint density at radius 1 is 1.21 bits per heavy atom. The minimum atomic E-state index is 0.0274. The number of aryl methyl sites for hydroxylation is 1. The number of anilines is 1. The van der Waals surface area contributed by atoms with Crippen LogP contribution in [0.2, 0.25) is 10.3 Å². The first-order chi connectivity index (χ1) is 15.6. The number of halogens is 2. The molecule has 0 unspecified atom stereocenters. The number of fused-ring (bicyclic) bond motifs is 1. The van der Waals surface area contributed by atoms with Gasteiger partial charge in [-0.05, 0) is 42.2 Å². The molecule has 0 N–H and O–H groups in total. The van der Waals surface area contributed by atoms with Crippen LogP contribution in [0.25, 0.3) is 11.0 Å². The molecular formula is C23H25Cl2N5O3. The van der Waals surface area contributed by atoms with E-state index >= 15 is 0 Å². The number of carbonyl (C=O) groups is 1. The molecule has 3 aromatic heterocycles. The zero-order chi connectivity index (χ0) is 24.7. The quantitative estimate of drug-likeness (QED) is 0.341. The molecule has 0 spiro atoms. The van der Waals surface area contributed by atoms with Gasteiger partial charge in [-0.25, -0.2) is 14.6 Å². The number of aromatic nitrogens is 4. The highest BCUT2D eigenvalue weighted by Crippen LogP contribution is 2.30. The fourth-order valence-corrected chi connectivity index (χ4v) is 4.02. The Morgan fingerprint density at radius 3 is 2.36 bits per heavy atom. The molecule has 0 saturated carbocycles. The third-order valence-corrected chi connectivity index (χ3v) is 5.23. The van der Waals surface area contributed by atoms with E-state index < -0.39 is 0 Å². The van der Waals surface area contributed by atoms with E-state index in [2.05, 4.69) is 30.5 Å². The zero-order valence-corrected chi connectivity index (χ0v) is 20.4. The van der Waals surface area contributed by atoms with Crippen molar-refractivity contribution in [3.63, 3.8) is 0 Å². The van der Waals surface area contributed by atoms with E-state index in [1.807, 2.05) is 29.6 Å². The number of likely N-dealkylation sites (N-methyl/N-ethyl adjacent to an activating group) is 1. The van der Waals surface area contributed by atoms with Crippen LogP contribution in [-0.2, 0) is 27.3 Å². The number of ketones is 1. The second-order valence-corrected chi connectivity index (χ2v) is 8.53. The van der Waals surface area contributed by atoms with Gasteiger partial charge in [-0.2, -0.15) is 14.7 Å². The highest BCUT2D eigenvalue weighted by atomic mass is 35.5. The molecule has 0 bridgehead atoms. The van der Waals surface area contributed by atoms with Gasteiger partial charge in [0, 0.05) is 18.9 Å². The Kier molecular flexibility index (Phi) is 9.29. The Hall–Kier alpha value is -3.06. The summed E-state index contributed by atoms with van der Waals surface area (Å²) >= 11 is 11.9. The summed E-state index contributed by atoms with van der Waals surface area (Å²) in [5.41, 5.74) is 3.65. The van der Waals surface area contributed by atoms with Gasteiger partial charge in [0.05, 0.1) is 18.8 Å². The number of allylic oxidation sites excluding steroid dienone is 1. The van der Waals surface area contributed by atoms with Gasteiger partial charge < -0.3 is 4.90 Å². The molecule has 10 heteroatoms. The smallest absolute Gasteiger partial charge is 0.352 e. The van der Waals surface area contributed by atoms with Crippen LogP contribution >= 0.6 is 23.2 Å². The molecule has 0 aromatic carbocycles. The standard InChI is InChI=1S/C22H25Cl2N5O.CO2/c1-6-7-29-22-21(14(4)27-29)17(13(2)3)11-20(26-22)28(5)12-16(30)8-15-9-18(23)25-19(24)10-15;2-1-3/h6,9-11,13H,1,7-8,12H2,2-5H3;. The normalized spacial score (nSPS) is 10.5. The van der Waals surface area contributed by atoms with Crippen molar-refractivity contribution in [2.75, 3.05) is 18.5 Å². The highest BCUT2D eigenvalue weighted by Gasteiger charge is 2.19. The van der Waals surface area contributed by atoms with Crippen LogP contribution in [0.15, 0.2) is 30.9 Å². The molecular weight excluding hydrogens is 465 g/mol. The minimum Gasteiger partial charge on any atom is -0.352 e. The molecule has 3 rings (SSSR count). The van der Waals surface area contributed by atoms with Crippen LogP contribution in [0.1, 0.15) is 36.6 Å². The molecule has 174 valence electrons. The second kappa shape index (κ2) is 11.7. The first kappa shape index (κ1) is 26.2. The van der Waals surface area contributed by atoms with E-state index in [9.17, 15) is 4.79 Å². The van der Waals surface area contributed by atoms with Crippen LogP contribution in [0.4, 0.5) is 5.82 Å². The molecule has 0 atom stereocenters. The number of hydrogen-bond donors (Lipinski definition) is 0. The number of rotatable bonds is 8. The monoisotopic (exact) mass is 489 g/mol. The van der Waals surface area contributed by atoms with Crippen LogP contribution in [0.3, 0.4) is 0 Å². The summed E-state index contributed by atoms with van der Waals surface area (Å²) in [6, 6.07) is 5.36. The molecule has 0 aliphatic carbocycles. The molecule has 3 heterocycles. The van der Waals surface area contributed by atoms with Crippen LogP contribution in [-0.4, -0.2) is 45.3 Å². The largest absolute Gasteiger partial charge is 0.373 e. The Balaban J connectivity index is 0.00000122. The van der Waals surface area contributed by atoms with Crippen molar-refractivity contribution in [1.29, 1.82) is 0 Å². The Morgan fingerprint density at radius 2 is 1.82 bits per heavy atom. The first-order valence-corrected chi connectivity index (χ1v) is 10.9. The average Bonchev–Trinajstić information content (AvgIpc) is 3.02. The number of Topliss-reactive ketones (excluding diaryl/α,β-unsaturated/α-hetero) is 1. The van der Waals surface area contributed by atoms with Gasteiger partial charge in [0.1, 0.15) is 16.1 Å². The summed E-state index contributed by atoms with van der Waals surface area (Å²) in [4.78, 5) is 39.5. The molecule has 0 aliphatic rings. The van der Waals surface area contributed by atoms with Crippen LogP contribution < -0.4 is 4.90 Å². The third-order valence-electron chi connectivity index (χ3n) is 4.85. The minimum absolute atomic E-state index is 0.0274. The van der Waals surface area contributed by atoms with E-state index in [0.29, 0.717) is 12.5 Å². The maximum absolute atomic E-state index is 12.7. The van der Waals surface area contributed by atoms with Gasteiger partial charge in [-0.1, -0.05) is 43.1 Å². The molecule has 0 saturated heterocycles. The molecule has 8 nitrogen and oxygen atoms in total. The lowest BCUT2D eigenvalue weighted by Crippen LogP contribution is -2.27. The first-order valence-electron chi connectivity index (χ1n) is 10.1. The van der Waals surface area contributed by atoms with Gasteiger partial charge in [0.15, 0.2) is 11.4 Å². The van der Waals surface area contributed by atoms with Crippen molar-refractivity contribution in [2.45, 2.75) is 39.7 Å². The fraction of sp³-hybridized carbons (Fsp3) is 0.348. The molecule has 33 heavy (non-hydrogen) atoms. The van der Waals surface area contributed by atoms with E-state index in [1.165, 1.54) is 0 Å². The van der Waals surface area contributed by atoms with Crippen molar-refractivity contribution >= 4 is 52.0 Å². The number of hydrogen-bond acceptors (Lipinski definition) is 7. The molecule has 0 radical (unpaired) electrons. The topological polar surface area (TPSA) is 98.1 Å². The molecule has 3 aromatic rings. The molecule has 0 amide bonds. The van der Waals surface area contributed by atoms with Crippen molar-refractivity contribution in [3.8, 4) is 0 Å². The summed E-state index contributed by atoms with van der Waals surface area (Å²) in [6.07, 6.45) is 2.27. The van der Waals surface area contributed by atoms with Gasteiger partial charge in [0.25, 0.3) is 0 Å². The highest BCUT2D eigenvalue weighted by molar-refractivity contribution is 6.32. The second-order valence-electron chi connectivity index (χ2n) is 7.75. The van der Waals surface area contributed by atoms with Gasteiger partial charge >= 0.3 is 6.15 Å². The van der Waals surface area contributed by atoms with Crippen molar-refractivity contribution in [1.82, 2.24) is 19.7 Å². The lowest BCUT2D eigenvalue weighted by Gasteiger charge is -2.20. The molecule has 0 aliphatic heterocycles. The average molecular weight is 490 g/mol. The van der Waals surface area contributed by atoms with E-state index in [-0.39, 0.29) is 35.2 Å². The fourth-order valence-electron chi connectivity index (χ4n) is 3.52. The predicted molar refractivity (Wildman–Crippen MR) is 128 cm³/mol. The van der Waals surface area contributed by atoms with E-state index in [0.717, 1.165) is 33.7 Å². The van der Waals surface area contributed by atoms with E-state index in [1.54, 1.807) is 18.2 Å². The lowest BCUT2D eigenvalue weighted by molar-refractivity contribution is -0.191. The molecule has 0 fully saturated rings. The Labute approximate surface area is 202 Å². The summed E-state index contributed by atoms with van der Waals surface area (Å²) in [7, 11) is 1.86. The SMILES string of the molecule is C=CCn1nc(C)c2c(C(C)C)cc(N(C)CC(=O)Cc3cc(Cl)nc(Cl)c3)nc21.O=C=O. The maximum atomic E-state index is 12.7. The summed E-state index contributed by atoms with van der Waals surface area (Å²) < 4.78 is 1.85. The van der Waals surface area contributed by atoms with Crippen molar-refractivity contribution in [2.24, 2.45) is 0 Å². The van der Waals surface area contributed by atoms with Gasteiger partial charge in [-0.3, -0.25) is 4.79 Å². The lowest BCUT2D eigenvalue weighted by atomic mass is 9.99. The number of nitrogens with zero attached hydrogens (tertiary/aromatic N) is 5. The summed E-state index contributed by atoms with van der Waals surface area (Å²) in [5, 5.41) is 6.24. The number of pyridine rings is 2. The maximum Gasteiger partial charge on any atom is 0.373 e. The zero-order valence-electron chi connectivity index (χ0n) is 18.9. The third kappa shape index (κ3) is 6.71. The Bertz CT molecular complexity index is 1180. The van der Waals surface area contributed by atoms with Crippen molar-refractivity contribution < 1.29 is 14.4 Å². The van der Waals surface area contributed by atoms with Crippen LogP contribution in [0, 0.1) is 6.92 Å². The summed E-state index contributed by atoms with van der Waals surface area (Å²) in [5.74, 6) is 1.05. The predicted octanol–water partition coefficient (Wildman–Crippen LogP) is 4.42. The summed E-state index contributed by atoms with van der Waals surface area (Å²) in [6.45, 7) is 10.9. The van der Waals surface area contributed by atoms with Crippen LogP contribution in [0.5, 0.6) is 0 Å². The van der Waals surface area contributed by atoms with E-state index in [4.69, 9.17) is 37.8 Å². The number of carbonyl (C=O) groups excluding carboxylic acids is 3. The van der Waals surface area contributed by atoms with Gasteiger partial charge in [-0.15, -0.1) is 6.58 Å².